The van der Waals surface area contributed by atoms with Crippen LogP contribution in [0.4, 0.5) is 0 Å². The van der Waals surface area contributed by atoms with Crippen molar-refractivity contribution < 1.29 is 4.42 Å². The molecule has 1 aliphatic rings. The van der Waals surface area contributed by atoms with E-state index in [9.17, 15) is 0 Å². The third-order valence-corrected chi connectivity index (χ3v) is 6.80. The zero-order valence-electron chi connectivity index (χ0n) is 19.8. The summed E-state index contributed by atoms with van der Waals surface area (Å²) in [6.45, 7) is 0.751. The molecule has 3 heterocycles. The minimum atomic E-state index is 0.751. The van der Waals surface area contributed by atoms with Gasteiger partial charge in [-0.3, -0.25) is 0 Å². The van der Waals surface area contributed by atoms with Crippen LogP contribution >= 0.6 is 0 Å². The van der Waals surface area contributed by atoms with Gasteiger partial charge in [0.15, 0.2) is 0 Å². The lowest BCUT2D eigenvalue weighted by Gasteiger charge is -2.21. The van der Waals surface area contributed by atoms with Crippen LogP contribution in [0, 0.1) is 0 Å². The standard InChI is InChI=1S/C32H23N3O/c1-35-19-18-26-27(20-35)34-31(22-8-3-2-4-9-22)32(33-26)23-16-14-21(15-17-23)24-11-7-13-29-30(24)25-10-5-6-12-28(25)36-29/h2-19H,20H2,1H3. The Morgan fingerprint density at radius 2 is 1.36 bits per heavy atom. The van der Waals surface area contributed by atoms with Crippen molar-refractivity contribution in [3.05, 3.63) is 115 Å². The van der Waals surface area contributed by atoms with Crippen molar-refractivity contribution in [3.63, 3.8) is 0 Å². The van der Waals surface area contributed by atoms with Crippen LogP contribution in [0.1, 0.15) is 11.4 Å². The third-order valence-electron chi connectivity index (χ3n) is 6.80. The predicted octanol–water partition coefficient (Wildman–Crippen LogP) is 7.79. The SMILES string of the molecule is CN1C=Cc2nc(-c3ccc(-c4cccc5oc6ccccc6c45)cc3)c(-c3ccccc3)nc2C1. The number of nitrogens with zero attached hydrogens (tertiary/aromatic N) is 3. The Morgan fingerprint density at radius 1 is 0.667 bits per heavy atom. The Labute approximate surface area is 209 Å². The van der Waals surface area contributed by atoms with Gasteiger partial charge in [-0.2, -0.15) is 0 Å². The first-order chi connectivity index (χ1) is 17.7. The molecule has 1 aliphatic heterocycles. The van der Waals surface area contributed by atoms with E-state index in [1.54, 1.807) is 0 Å². The van der Waals surface area contributed by atoms with E-state index in [1.165, 1.54) is 0 Å². The van der Waals surface area contributed by atoms with Crippen LogP contribution in [-0.4, -0.2) is 21.9 Å². The maximum absolute atomic E-state index is 6.10. The molecular formula is C32H23N3O. The monoisotopic (exact) mass is 465 g/mol. The molecule has 6 aromatic rings. The molecule has 4 nitrogen and oxygen atoms in total. The molecule has 172 valence electrons. The fraction of sp³-hybridized carbons (Fsp3) is 0.0625. The molecule has 4 heteroatoms. The van der Waals surface area contributed by atoms with Crippen LogP contribution in [0.25, 0.3) is 61.7 Å². The Morgan fingerprint density at radius 3 is 2.22 bits per heavy atom. The zero-order chi connectivity index (χ0) is 24.1. The first-order valence-electron chi connectivity index (χ1n) is 12.1. The van der Waals surface area contributed by atoms with Crippen LogP contribution in [-0.2, 0) is 6.54 Å². The van der Waals surface area contributed by atoms with E-state index < -0.39 is 0 Å². The largest absolute Gasteiger partial charge is 0.456 e. The highest BCUT2D eigenvalue weighted by Gasteiger charge is 2.19. The summed E-state index contributed by atoms with van der Waals surface area (Å²) in [5, 5.41) is 2.28. The van der Waals surface area contributed by atoms with Gasteiger partial charge >= 0.3 is 0 Å². The molecule has 0 fully saturated rings. The van der Waals surface area contributed by atoms with Crippen LogP contribution in [0.5, 0.6) is 0 Å². The Balaban J connectivity index is 1.37. The van der Waals surface area contributed by atoms with Crippen molar-refractivity contribution in [3.8, 4) is 33.6 Å². The number of hydrogen-bond donors (Lipinski definition) is 0. The Kier molecular flexibility index (Phi) is 4.71. The summed E-state index contributed by atoms with van der Waals surface area (Å²) in [6, 6.07) is 33.4. The average molecular weight is 466 g/mol. The number of hydrogen-bond acceptors (Lipinski definition) is 4. The number of fused-ring (bicyclic) bond motifs is 4. The molecule has 0 bridgehead atoms. The van der Waals surface area contributed by atoms with Gasteiger partial charge in [-0.25, -0.2) is 9.97 Å². The maximum atomic E-state index is 6.10. The van der Waals surface area contributed by atoms with Gasteiger partial charge in [-0.15, -0.1) is 0 Å². The van der Waals surface area contributed by atoms with Gasteiger partial charge in [0, 0.05) is 35.1 Å². The maximum Gasteiger partial charge on any atom is 0.136 e. The highest BCUT2D eigenvalue weighted by atomic mass is 16.3. The summed E-state index contributed by atoms with van der Waals surface area (Å²) in [4.78, 5) is 12.3. The van der Waals surface area contributed by atoms with E-state index in [-0.39, 0.29) is 0 Å². The number of furan rings is 1. The van der Waals surface area contributed by atoms with Gasteiger partial charge in [-0.05, 0) is 29.3 Å². The molecule has 0 saturated carbocycles. The van der Waals surface area contributed by atoms with E-state index in [2.05, 4.69) is 78.8 Å². The van der Waals surface area contributed by atoms with Gasteiger partial charge in [-0.1, -0.05) is 84.9 Å². The number of para-hydroxylation sites is 1. The first-order valence-corrected chi connectivity index (χ1v) is 12.1. The molecule has 0 aliphatic carbocycles. The fourth-order valence-electron chi connectivity index (χ4n) is 5.04. The lowest BCUT2D eigenvalue weighted by molar-refractivity contribution is 0.439. The summed E-state index contributed by atoms with van der Waals surface area (Å²) < 4.78 is 6.10. The number of benzene rings is 4. The second kappa shape index (κ2) is 8.21. The lowest BCUT2D eigenvalue weighted by Crippen LogP contribution is -2.17. The van der Waals surface area contributed by atoms with Crippen molar-refractivity contribution in [1.29, 1.82) is 0 Å². The highest BCUT2D eigenvalue weighted by molar-refractivity contribution is 6.12. The van der Waals surface area contributed by atoms with Crippen molar-refractivity contribution in [2.75, 3.05) is 7.05 Å². The van der Waals surface area contributed by atoms with Gasteiger partial charge in [0.25, 0.3) is 0 Å². The third kappa shape index (κ3) is 3.38. The summed E-state index contributed by atoms with van der Waals surface area (Å²) in [6.07, 6.45) is 4.10. The second-order valence-corrected chi connectivity index (χ2v) is 9.20. The number of aromatic nitrogens is 2. The smallest absolute Gasteiger partial charge is 0.136 e. The average Bonchev–Trinajstić information content (AvgIpc) is 3.32. The Hall–Kier alpha value is -4.70. The van der Waals surface area contributed by atoms with Crippen molar-refractivity contribution >= 4 is 28.0 Å². The van der Waals surface area contributed by atoms with E-state index in [0.29, 0.717) is 0 Å². The number of rotatable bonds is 3. The van der Waals surface area contributed by atoms with Crippen LogP contribution < -0.4 is 0 Å². The highest BCUT2D eigenvalue weighted by Crippen LogP contribution is 2.38. The summed E-state index contributed by atoms with van der Waals surface area (Å²) in [5.74, 6) is 0. The lowest BCUT2D eigenvalue weighted by atomic mass is 9.97. The zero-order valence-corrected chi connectivity index (χ0v) is 19.8. The summed E-state index contributed by atoms with van der Waals surface area (Å²) >= 11 is 0. The van der Waals surface area contributed by atoms with Crippen molar-refractivity contribution in [2.45, 2.75) is 6.54 Å². The molecule has 2 aromatic heterocycles. The van der Waals surface area contributed by atoms with Crippen LogP contribution in [0.2, 0.25) is 0 Å². The molecule has 0 saturated heterocycles. The van der Waals surface area contributed by atoms with Crippen molar-refractivity contribution in [2.24, 2.45) is 0 Å². The molecule has 0 N–H and O–H groups in total. The van der Waals surface area contributed by atoms with Crippen LogP contribution in [0.3, 0.4) is 0 Å². The Bertz CT molecular complexity index is 1770. The molecule has 0 spiro atoms. The van der Waals surface area contributed by atoms with Gasteiger partial charge in [0.05, 0.1) is 29.3 Å². The molecular weight excluding hydrogens is 442 g/mol. The summed E-state index contributed by atoms with van der Waals surface area (Å²) in [7, 11) is 2.06. The quantitative estimate of drug-likeness (QED) is 0.267. The van der Waals surface area contributed by atoms with E-state index in [0.717, 1.165) is 73.5 Å². The predicted molar refractivity (Wildman–Crippen MR) is 146 cm³/mol. The van der Waals surface area contributed by atoms with Crippen LogP contribution in [0.15, 0.2) is 108 Å². The molecule has 36 heavy (non-hydrogen) atoms. The fourth-order valence-corrected chi connectivity index (χ4v) is 5.04. The minimum Gasteiger partial charge on any atom is -0.456 e. The van der Waals surface area contributed by atoms with Gasteiger partial charge in [0.1, 0.15) is 11.2 Å². The molecule has 0 radical (unpaired) electrons. The topological polar surface area (TPSA) is 42.2 Å². The second-order valence-electron chi connectivity index (χ2n) is 9.20. The first kappa shape index (κ1) is 20.7. The van der Waals surface area contributed by atoms with Gasteiger partial charge in [0.2, 0.25) is 0 Å². The minimum absolute atomic E-state index is 0.751. The molecule has 0 amide bonds. The van der Waals surface area contributed by atoms with E-state index >= 15 is 0 Å². The normalized spacial score (nSPS) is 12.9. The van der Waals surface area contributed by atoms with E-state index in [1.807, 2.05) is 42.5 Å². The molecule has 7 rings (SSSR count). The summed E-state index contributed by atoms with van der Waals surface area (Å²) in [5.41, 5.74) is 9.97. The molecule has 0 atom stereocenters. The molecule has 4 aromatic carbocycles. The molecule has 0 unspecified atom stereocenters. The van der Waals surface area contributed by atoms with Crippen molar-refractivity contribution in [1.82, 2.24) is 14.9 Å². The van der Waals surface area contributed by atoms with E-state index in [4.69, 9.17) is 14.4 Å². The van der Waals surface area contributed by atoms with Gasteiger partial charge < -0.3 is 9.32 Å².